The summed E-state index contributed by atoms with van der Waals surface area (Å²) >= 11 is 0. The number of ketones is 1. The van der Waals surface area contributed by atoms with E-state index in [1.807, 2.05) is 6.92 Å². The molecule has 1 aromatic rings. The van der Waals surface area contributed by atoms with Gasteiger partial charge in [0.15, 0.2) is 5.78 Å². The van der Waals surface area contributed by atoms with Crippen LogP contribution in [0.5, 0.6) is 0 Å². The number of carbonyl (C=O) groups excluding carboxylic acids is 2. The van der Waals surface area contributed by atoms with Crippen molar-refractivity contribution >= 4 is 20.6 Å². The van der Waals surface area contributed by atoms with Gasteiger partial charge in [0.25, 0.3) is 0 Å². The van der Waals surface area contributed by atoms with Crippen LogP contribution in [0.3, 0.4) is 0 Å². The molecule has 158 valence electrons. The first-order valence-electron chi connectivity index (χ1n) is 9.36. The average Bonchev–Trinajstić information content (AvgIpc) is 2.66. The van der Waals surface area contributed by atoms with Gasteiger partial charge in [-0.3, -0.25) is 9.59 Å². The van der Waals surface area contributed by atoms with Crippen molar-refractivity contribution < 1.29 is 33.4 Å². The van der Waals surface area contributed by atoms with Crippen LogP contribution in [0.15, 0.2) is 30.3 Å². The highest BCUT2D eigenvalue weighted by atomic mass is 28.4. The smallest absolute Gasteiger partial charge is 0.465 e. The number of carbonyl (C=O) groups is 2. The SMILES string of the molecule is CCCOC(=O)C1CCCC([Si](O)(O)OCC)C1(O)C(=O)c1ccccc1.N. The van der Waals surface area contributed by atoms with Crippen LogP contribution in [0.1, 0.15) is 49.9 Å². The van der Waals surface area contributed by atoms with E-state index in [0.717, 1.165) is 0 Å². The molecule has 1 fully saturated rings. The van der Waals surface area contributed by atoms with Crippen LogP contribution in [-0.4, -0.2) is 54.1 Å². The topological polar surface area (TPSA) is 148 Å². The maximum atomic E-state index is 13.3. The van der Waals surface area contributed by atoms with Crippen molar-refractivity contribution in [1.29, 1.82) is 0 Å². The second-order valence-corrected chi connectivity index (χ2v) is 9.12. The number of benzene rings is 1. The summed E-state index contributed by atoms with van der Waals surface area (Å²) in [6, 6.07) is 8.07. The molecule has 0 bridgehead atoms. The lowest BCUT2D eigenvalue weighted by Gasteiger charge is -2.45. The van der Waals surface area contributed by atoms with Crippen molar-refractivity contribution in [3.63, 3.8) is 0 Å². The predicted molar refractivity (Wildman–Crippen MR) is 105 cm³/mol. The molecule has 3 unspecified atom stereocenters. The molecular formula is C19H31NO7Si. The molecule has 0 heterocycles. The molecule has 28 heavy (non-hydrogen) atoms. The molecule has 0 aliphatic heterocycles. The van der Waals surface area contributed by atoms with Gasteiger partial charge in [0.1, 0.15) is 5.60 Å². The molecule has 1 aliphatic carbocycles. The van der Waals surface area contributed by atoms with Gasteiger partial charge in [-0.05, 0) is 26.2 Å². The van der Waals surface area contributed by atoms with Gasteiger partial charge in [-0.2, -0.15) is 0 Å². The first-order valence-corrected chi connectivity index (χ1v) is 11.2. The van der Waals surface area contributed by atoms with E-state index in [1.54, 1.807) is 25.1 Å². The molecule has 0 aromatic heterocycles. The first-order chi connectivity index (χ1) is 12.8. The number of hydrogen-bond donors (Lipinski definition) is 4. The molecule has 2 rings (SSSR count). The largest absolute Gasteiger partial charge is 0.502 e. The molecular weight excluding hydrogens is 382 g/mol. The fraction of sp³-hybridized carbons (Fsp3) is 0.579. The molecule has 6 N–H and O–H groups in total. The maximum Gasteiger partial charge on any atom is 0.502 e. The number of hydrogen-bond acceptors (Lipinski definition) is 8. The summed E-state index contributed by atoms with van der Waals surface area (Å²) in [5, 5.41) is 11.5. The Balaban J connectivity index is 0.00000392. The van der Waals surface area contributed by atoms with Crippen LogP contribution in [0.4, 0.5) is 0 Å². The zero-order valence-corrected chi connectivity index (χ0v) is 17.5. The highest BCUT2D eigenvalue weighted by Crippen LogP contribution is 2.48. The lowest BCUT2D eigenvalue weighted by Crippen LogP contribution is -2.63. The number of aliphatic hydroxyl groups is 1. The van der Waals surface area contributed by atoms with Gasteiger partial charge < -0.3 is 30.0 Å². The lowest BCUT2D eigenvalue weighted by molar-refractivity contribution is -0.159. The van der Waals surface area contributed by atoms with Gasteiger partial charge in [0.2, 0.25) is 0 Å². The quantitative estimate of drug-likeness (QED) is 0.287. The molecule has 0 saturated heterocycles. The molecule has 0 amide bonds. The molecule has 0 radical (unpaired) electrons. The van der Waals surface area contributed by atoms with Gasteiger partial charge in [-0.15, -0.1) is 0 Å². The third-order valence-corrected chi connectivity index (χ3v) is 7.34. The Labute approximate surface area is 166 Å². The second kappa shape index (κ2) is 10.2. The summed E-state index contributed by atoms with van der Waals surface area (Å²) < 4.78 is 10.3. The van der Waals surface area contributed by atoms with Crippen molar-refractivity contribution in [1.82, 2.24) is 6.15 Å². The Morgan fingerprint density at radius 3 is 2.39 bits per heavy atom. The predicted octanol–water partition coefficient (Wildman–Crippen LogP) is 1.85. The molecule has 9 heteroatoms. The van der Waals surface area contributed by atoms with E-state index in [4.69, 9.17) is 9.16 Å². The van der Waals surface area contributed by atoms with Gasteiger partial charge >= 0.3 is 14.8 Å². The fourth-order valence-corrected chi connectivity index (χ4v) is 5.85. The zero-order chi connectivity index (χ0) is 20.1. The van der Waals surface area contributed by atoms with E-state index < -0.39 is 37.6 Å². The monoisotopic (exact) mass is 413 g/mol. The fourth-order valence-electron chi connectivity index (χ4n) is 3.73. The van der Waals surface area contributed by atoms with Crippen molar-refractivity contribution in [2.45, 2.75) is 50.7 Å². The van der Waals surface area contributed by atoms with Crippen LogP contribution in [0, 0.1) is 5.92 Å². The van der Waals surface area contributed by atoms with E-state index in [0.29, 0.717) is 12.8 Å². The van der Waals surface area contributed by atoms with E-state index in [-0.39, 0.29) is 37.8 Å². The van der Waals surface area contributed by atoms with Crippen LogP contribution in [0.25, 0.3) is 0 Å². The van der Waals surface area contributed by atoms with Gasteiger partial charge in [-0.25, -0.2) is 0 Å². The van der Waals surface area contributed by atoms with Gasteiger partial charge in [0.05, 0.1) is 18.1 Å². The highest BCUT2D eigenvalue weighted by molar-refractivity contribution is 6.60. The minimum atomic E-state index is -4.43. The number of rotatable bonds is 8. The lowest BCUT2D eigenvalue weighted by atomic mass is 9.71. The number of esters is 1. The third-order valence-electron chi connectivity index (χ3n) is 4.99. The summed E-state index contributed by atoms with van der Waals surface area (Å²) in [7, 11) is -4.43. The number of ether oxygens (including phenoxy) is 1. The van der Waals surface area contributed by atoms with Gasteiger partial charge in [-0.1, -0.05) is 43.7 Å². The zero-order valence-electron chi connectivity index (χ0n) is 16.5. The van der Waals surface area contributed by atoms with Crippen molar-refractivity contribution in [2.24, 2.45) is 5.92 Å². The summed E-state index contributed by atoms with van der Waals surface area (Å²) in [5.74, 6) is -2.59. The van der Waals surface area contributed by atoms with Crippen LogP contribution >= 0.6 is 0 Å². The molecule has 1 aromatic carbocycles. The third kappa shape index (κ3) is 4.86. The molecule has 1 aliphatic rings. The normalized spacial score (nSPS) is 24.9. The Bertz CT molecular complexity index is 655. The van der Waals surface area contributed by atoms with Crippen molar-refractivity contribution in [3.8, 4) is 0 Å². The standard InChI is InChI=1S/C19H28O7Si.H3N/c1-3-13-25-18(21)15-11-8-12-16(27(23,24)26-4-2)19(15,22)17(20)14-9-6-5-7-10-14;/h5-7,9-10,15-16,22-24H,3-4,8,11-13H2,1-2H3;1H3. The van der Waals surface area contributed by atoms with Crippen LogP contribution in [-0.2, 0) is 14.0 Å². The Kier molecular flexibility index (Phi) is 8.93. The maximum absolute atomic E-state index is 13.3. The average molecular weight is 414 g/mol. The molecule has 0 spiro atoms. The first kappa shape index (κ1) is 24.4. The van der Waals surface area contributed by atoms with Crippen molar-refractivity contribution in [3.05, 3.63) is 35.9 Å². The summed E-state index contributed by atoms with van der Waals surface area (Å²) in [6.45, 7) is 3.63. The summed E-state index contributed by atoms with van der Waals surface area (Å²) in [5.41, 5.74) is -3.36. The minimum Gasteiger partial charge on any atom is -0.465 e. The summed E-state index contributed by atoms with van der Waals surface area (Å²) in [6.07, 6.45) is 1.45. The van der Waals surface area contributed by atoms with E-state index in [1.165, 1.54) is 12.1 Å². The molecule has 3 atom stereocenters. The van der Waals surface area contributed by atoms with Crippen LogP contribution in [0.2, 0.25) is 5.54 Å². The van der Waals surface area contributed by atoms with Gasteiger partial charge in [0, 0.05) is 12.2 Å². The van der Waals surface area contributed by atoms with Crippen LogP contribution < -0.4 is 6.15 Å². The Hall–Kier alpha value is -1.62. The van der Waals surface area contributed by atoms with E-state index in [9.17, 15) is 24.3 Å². The van der Waals surface area contributed by atoms with E-state index >= 15 is 0 Å². The Morgan fingerprint density at radius 2 is 1.82 bits per heavy atom. The van der Waals surface area contributed by atoms with E-state index in [2.05, 4.69) is 0 Å². The highest BCUT2D eigenvalue weighted by Gasteiger charge is 2.64. The number of Topliss-reactive ketones (excluding diaryl/α,β-unsaturated/α-hetero) is 1. The minimum absolute atomic E-state index is 0. The van der Waals surface area contributed by atoms with Crippen molar-refractivity contribution in [2.75, 3.05) is 13.2 Å². The summed E-state index contributed by atoms with van der Waals surface area (Å²) in [4.78, 5) is 47.0. The molecule has 1 saturated carbocycles. The molecule has 8 nitrogen and oxygen atoms in total. The second-order valence-electron chi connectivity index (χ2n) is 6.82. The Morgan fingerprint density at radius 1 is 1.18 bits per heavy atom.